The molecule has 3 amide bonds. The molecule has 2 N–H and O–H groups in total. The van der Waals surface area contributed by atoms with E-state index >= 15 is 0 Å². The van der Waals surface area contributed by atoms with E-state index in [1.165, 1.54) is 0 Å². The van der Waals surface area contributed by atoms with Crippen LogP contribution in [0.15, 0.2) is 36.4 Å². The first-order valence-electron chi connectivity index (χ1n) is 7.30. The highest BCUT2D eigenvalue weighted by Gasteiger charge is 2.63. The van der Waals surface area contributed by atoms with Crippen molar-refractivity contribution < 1.29 is 41.0 Å². The molecule has 0 spiro atoms. The number of hydrogen-bond donors (Lipinski definition) is 1. The molecule has 0 fully saturated rings. The third kappa shape index (κ3) is 3.17. The summed E-state index contributed by atoms with van der Waals surface area (Å²) in [5, 5.41) is -4.09. The number of amides is 3. The quantitative estimate of drug-likeness (QED) is 0.587. The molecule has 3 rings (SSSR count). The lowest BCUT2D eigenvalue weighted by molar-refractivity contribution is -0.303. The molecule has 12 heteroatoms. The molecule has 148 valence electrons. The number of hydrogen-bond acceptors (Lipinski definition) is 4. The molecule has 2 aromatic carbocycles. The number of rotatable bonds is 2. The van der Waals surface area contributed by atoms with Crippen molar-refractivity contribution in [1.82, 2.24) is 0 Å². The van der Waals surface area contributed by atoms with E-state index in [4.69, 9.17) is 17.3 Å². The molecule has 0 aromatic heterocycles. The lowest BCUT2D eigenvalue weighted by atomic mass is 10.1. The Balaban J connectivity index is 2.06. The van der Waals surface area contributed by atoms with Crippen molar-refractivity contribution >= 4 is 29.2 Å². The number of alkyl halides is 4. The number of urea groups is 1. The molecule has 1 unspecified atom stereocenters. The molecule has 6 nitrogen and oxygen atoms in total. The highest BCUT2D eigenvalue weighted by atomic mass is 35.5. The smallest absolute Gasteiger partial charge is 0.434 e. The van der Waals surface area contributed by atoms with E-state index in [0.29, 0.717) is 6.07 Å². The van der Waals surface area contributed by atoms with Crippen LogP contribution in [0.4, 0.5) is 32.4 Å². The Morgan fingerprint density at radius 1 is 1.00 bits per heavy atom. The van der Waals surface area contributed by atoms with Crippen LogP contribution in [-0.2, 0) is 0 Å². The highest BCUT2D eigenvalue weighted by molar-refractivity contribution is 6.23. The third-order valence-electron chi connectivity index (χ3n) is 3.60. The Kier molecular flexibility index (Phi) is 4.58. The second-order valence-corrected chi connectivity index (χ2v) is 5.93. The minimum absolute atomic E-state index is 0.131. The van der Waals surface area contributed by atoms with E-state index in [0.717, 1.165) is 30.3 Å². The fourth-order valence-corrected chi connectivity index (χ4v) is 2.48. The van der Waals surface area contributed by atoms with Gasteiger partial charge in [0.15, 0.2) is 11.5 Å². The van der Waals surface area contributed by atoms with Gasteiger partial charge in [0.25, 0.3) is 5.91 Å². The van der Waals surface area contributed by atoms with E-state index in [1.807, 2.05) is 0 Å². The molecule has 0 saturated carbocycles. The van der Waals surface area contributed by atoms with Crippen molar-refractivity contribution in [3.8, 4) is 11.5 Å². The first-order chi connectivity index (χ1) is 12.9. The molecular formula is C16H8ClF5N2O4. The maximum Gasteiger partial charge on any atom is 0.488 e. The summed E-state index contributed by atoms with van der Waals surface area (Å²) < 4.78 is 76.7. The molecule has 2 aromatic rings. The molecule has 0 aliphatic carbocycles. The Hall–Kier alpha value is -3.08. The number of ether oxygens (including phenoxy) is 2. The maximum absolute atomic E-state index is 13.9. The zero-order chi connectivity index (χ0) is 20.9. The van der Waals surface area contributed by atoms with Crippen LogP contribution in [-0.4, -0.2) is 23.4 Å². The minimum atomic E-state index is -4.54. The molecule has 0 saturated heterocycles. The lowest BCUT2D eigenvalue weighted by Crippen LogP contribution is -2.51. The molecule has 1 aliphatic rings. The topological polar surface area (TPSA) is 81.9 Å². The van der Waals surface area contributed by atoms with Gasteiger partial charge in [-0.3, -0.25) is 4.79 Å². The van der Waals surface area contributed by atoms with Crippen LogP contribution >= 0.6 is 11.6 Å². The van der Waals surface area contributed by atoms with Crippen LogP contribution in [0.5, 0.6) is 11.5 Å². The Bertz CT molecular complexity index is 965. The summed E-state index contributed by atoms with van der Waals surface area (Å²) in [5.74, 6) is -5.44. The van der Waals surface area contributed by atoms with Crippen LogP contribution in [0.2, 0.25) is 0 Å². The van der Waals surface area contributed by atoms with E-state index in [9.17, 15) is 31.5 Å². The van der Waals surface area contributed by atoms with Gasteiger partial charge in [-0.15, -0.1) is 0 Å². The number of primary amides is 1. The number of carbonyl (C=O) groups is 2. The van der Waals surface area contributed by atoms with Crippen LogP contribution in [0.1, 0.15) is 10.4 Å². The van der Waals surface area contributed by atoms with Gasteiger partial charge in [0.05, 0.1) is 5.69 Å². The first-order valence-corrected chi connectivity index (χ1v) is 7.68. The molecule has 1 atom stereocenters. The van der Waals surface area contributed by atoms with Gasteiger partial charge >= 0.3 is 17.5 Å². The first kappa shape index (κ1) is 19.7. The largest absolute Gasteiger partial charge is 0.488 e. The summed E-state index contributed by atoms with van der Waals surface area (Å²) in [4.78, 5) is 24.3. The molecule has 1 heterocycles. The second kappa shape index (κ2) is 6.51. The van der Waals surface area contributed by atoms with Gasteiger partial charge in [0, 0.05) is 6.07 Å². The van der Waals surface area contributed by atoms with Gasteiger partial charge < -0.3 is 15.2 Å². The number of imide groups is 1. The second-order valence-electron chi connectivity index (χ2n) is 5.44. The monoisotopic (exact) mass is 422 g/mol. The summed E-state index contributed by atoms with van der Waals surface area (Å²) in [6.07, 6.45) is -4.54. The summed E-state index contributed by atoms with van der Waals surface area (Å²) in [6.45, 7) is 0. The van der Waals surface area contributed by atoms with Gasteiger partial charge in [-0.05, 0) is 35.9 Å². The lowest BCUT2D eigenvalue weighted by Gasteiger charge is -2.33. The van der Waals surface area contributed by atoms with Gasteiger partial charge in [-0.25, -0.2) is 18.5 Å². The predicted octanol–water partition coefficient (Wildman–Crippen LogP) is 3.92. The Morgan fingerprint density at radius 2 is 1.61 bits per heavy atom. The molecular weight excluding hydrogens is 415 g/mol. The zero-order valence-electron chi connectivity index (χ0n) is 13.4. The van der Waals surface area contributed by atoms with Crippen LogP contribution in [0.3, 0.4) is 0 Å². The van der Waals surface area contributed by atoms with Gasteiger partial charge in [-0.2, -0.15) is 13.2 Å². The van der Waals surface area contributed by atoms with Gasteiger partial charge in [0.2, 0.25) is 0 Å². The number of halogens is 6. The maximum atomic E-state index is 13.9. The number of carbonyl (C=O) groups excluding carboxylic acids is 2. The summed E-state index contributed by atoms with van der Waals surface area (Å²) >= 11 is 4.95. The molecule has 0 radical (unpaired) electrons. The number of benzene rings is 2. The SMILES string of the molecule is NC(=O)N(C(=O)c1c(F)cccc1F)c1ccc2c(c1)OC(F)(Cl)C(F)(F)O2. The Morgan fingerprint density at radius 3 is 2.18 bits per heavy atom. The number of nitrogens with two attached hydrogens (primary N) is 1. The average molecular weight is 423 g/mol. The van der Waals surface area contributed by atoms with Crippen molar-refractivity contribution in [2.24, 2.45) is 5.73 Å². The Labute approximate surface area is 158 Å². The van der Waals surface area contributed by atoms with Crippen LogP contribution in [0.25, 0.3) is 0 Å². The highest BCUT2D eigenvalue weighted by Crippen LogP contribution is 2.49. The van der Waals surface area contributed by atoms with Crippen molar-refractivity contribution in [1.29, 1.82) is 0 Å². The third-order valence-corrected chi connectivity index (χ3v) is 3.90. The zero-order valence-corrected chi connectivity index (χ0v) is 14.1. The fourth-order valence-electron chi connectivity index (χ4n) is 2.35. The predicted molar refractivity (Wildman–Crippen MR) is 85.1 cm³/mol. The number of nitrogens with zero attached hydrogens (tertiary/aromatic N) is 1. The summed E-state index contributed by atoms with van der Waals surface area (Å²) in [7, 11) is 0. The van der Waals surface area contributed by atoms with Crippen LogP contribution < -0.4 is 20.1 Å². The van der Waals surface area contributed by atoms with E-state index < -0.39 is 57.7 Å². The van der Waals surface area contributed by atoms with Crippen molar-refractivity contribution in [2.45, 2.75) is 11.4 Å². The van der Waals surface area contributed by atoms with E-state index in [-0.39, 0.29) is 4.90 Å². The van der Waals surface area contributed by atoms with Crippen molar-refractivity contribution in [2.75, 3.05) is 4.90 Å². The summed E-state index contributed by atoms with van der Waals surface area (Å²) in [5.41, 5.74) is 3.54. The standard InChI is InChI=1S/C16H8ClF5N2O4/c17-15(20)16(21,22)28-10-5-4-7(6-11(10)27-15)24(14(23)26)13(25)12-8(18)2-1-3-9(12)19/h1-6H,(H2,23,26). The fraction of sp³-hybridized carbons (Fsp3) is 0.125. The number of fused-ring (bicyclic) bond motifs is 1. The van der Waals surface area contributed by atoms with Crippen LogP contribution in [0, 0.1) is 11.6 Å². The normalized spacial score (nSPS) is 19.8. The van der Waals surface area contributed by atoms with E-state index in [1.54, 1.807) is 0 Å². The molecule has 1 aliphatic heterocycles. The van der Waals surface area contributed by atoms with Gasteiger partial charge in [0.1, 0.15) is 17.2 Å². The number of anilines is 1. The van der Waals surface area contributed by atoms with Crippen molar-refractivity contribution in [3.63, 3.8) is 0 Å². The van der Waals surface area contributed by atoms with Crippen molar-refractivity contribution in [3.05, 3.63) is 53.6 Å². The molecule has 0 bridgehead atoms. The minimum Gasteiger partial charge on any atom is -0.434 e. The average Bonchev–Trinajstić information content (AvgIpc) is 2.55. The molecule has 28 heavy (non-hydrogen) atoms. The van der Waals surface area contributed by atoms with Gasteiger partial charge in [-0.1, -0.05) is 6.07 Å². The summed E-state index contributed by atoms with van der Waals surface area (Å²) in [6, 6.07) is 3.46. The van der Waals surface area contributed by atoms with E-state index in [2.05, 4.69) is 9.47 Å².